The number of carboxylic acid groups (broad SMARTS) is 1. The largest absolute Gasteiger partial charge is 0.481 e. The van der Waals surface area contributed by atoms with Crippen LogP contribution in [-0.4, -0.2) is 39.7 Å². The number of imidazole rings is 1. The second kappa shape index (κ2) is 8.19. The van der Waals surface area contributed by atoms with Crippen molar-refractivity contribution in [1.82, 2.24) is 20.2 Å². The van der Waals surface area contributed by atoms with E-state index in [-0.39, 0.29) is 11.9 Å². The summed E-state index contributed by atoms with van der Waals surface area (Å²) < 4.78 is 1.91. The summed E-state index contributed by atoms with van der Waals surface area (Å²) in [6, 6.07) is -0.234. The lowest BCUT2D eigenvalue weighted by Crippen LogP contribution is -2.37. The number of amides is 2. The Hall–Kier alpha value is -2.05. The number of aromatic nitrogens is 2. The lowest BCUT2D eigenvalue weighted by Gasteiger charge is -2.09. The minimum absolute atomic E-state index is 0.234. The van der Waals surface area contributed by atoms with E-state index in [0.717, 1.165) is 5.82 Å². The van der Waals surface area contributed by atoms with E-state index in [2.05, 4.69) is 15.6 Å². The topological polar surface area (TPSA) is 96.3 Å². The van der Waals surface area contributed by atoms with E-state index in [9.17, 15) is 9.59 Å². The van der Waals surface area contributed by atoms with Gasteiger partial charge in [0.25, 0.3) is 0 Å². The maximum absolute atomic E-state index is 11.5. The van der Waals surface area contributed by atoms with Crippen LogP contribution < -0.4 is 10.6 Å². The second-order valence-electron chi connectivity index (χ2n) is 4.77. The highest BCUT2D eigenvalue weighted by atomic mass is 16.4. The Morgan fingerprint density at radius 2 is 2.10 bits per heavy atom. The third-order valence-corrected chi connectivity index (χ3v) is 3.08. The van der Waals surface area contributed by atoms with E-state index in [1.54, 1.807) is 13.1 Å². The van der Waals surface area contributed by atoms with Gasteiger partial charge in [-0.1, -0.05) is 6.92 Å². The van der Waals surface area contributed by atoms with E-state index in [0.29, 0.717) is 32.4 Å². The Morgan fingerprint density at radius 3 is 2.70 bits per heavy atom. The van der Waals surface area contributed by atoms with Gasteiger partial charge in [0.2, 0.25) is 0 Å². The molecule has 20 heavy (non-hydrogen) atoms. The van der Waals surface area contributed by atoms with Crippen LogP contribution >= 0.6 is 0 Å². The van der Waals surface area contributed by atoms with E-state index < -0.39 is 5.97 Å². The smallest absolute Gasteiger partial charge is 0.314 e. The summed E-state index contributed by atoms with van der Waals surface area (Å²) in [7, 11) is 1.91. The lowest BCUT2D eigenvalue weighted by molar-refractivity contribution is -0.141. The van der Waals surface area contributed by atoms with Crippen LogP contribution in [0.3, 0.4) is 0 Å². The van der Waals surface area contributed by atoms with Crippen LogP contribution in [0.1, 0.15) is 25.6 Å². The van der Waals surface area contributed by atoms with E-state index in [1.807, 2.05) is 17.8 Å². The van der Waals surface area contributed by atoms with Crippen molar-refractivity contribution in [3.63, 3.8) is 0 Å². The Bertz CT molecular complexity index is 445. The van der Waals surface area contributed by atoms with Gasteiger partial charge in [0.15, 0.2) is 0 Å². The van der Waals surface area contributed by atoms with Gasteiger partial charge in [-0.05, 0) is 12.8 Å². The number of carboxylic acids is 1. The molecule has 0 aliphatic rings. The molecule has 0 radical (unpaired) electrons. The molecule has 1 atom stereocenters. The first kappa shape index (κ1) is 16.0. The van der Waals surface area contributed by atoms with Gasteiger partial charge in [0.1, 0.15) is 5.82 Å². The summed E-state index contributed by atoms with van der Waals surface area (Å²) in [5, 5.41) is 14.2. The average molecular weight is 282 g/mol. The second-order valence-corrected chi connectivity index (χ2v) is 4.77. The Morgan fingerprint density at radius 1 is 1.40 bits per heavy atom. The third kappa shape index (κ3) is 5.73. The minimum Gasteiger partial charge on any atom is -0.481 e. The van der Waals surface area contributed by atoms with Gasteiger partial charge >= 0.3 is 12.0 Å². The number of hydrogen-bond donors (Lipinski definition) is 3. The molecule has 1 heterocycles. The van der Waals surface area contributed by atoms with Gasteiger partial charge in [-0.15, -0.1) is 0 Å². The molecular weight excluding hydrogens is 260 g/mol. The first-order chi connectivity index (χ1) is 9.50. The Balaban J connectivity index is 2.06. The highest BCUT2D eigenvalue weighted by Gasteiger charge is 2.10. The number of hydrogen-bond acceptors (Lipinski definition) is 3. The number of carbonyl (C=O) groups is 2. The highest BCUT2D eigenvalue weighted by Crippen LogP contribution is 2.03. The molecule has 112 valence electrons. The van der Waals surface area contributed by atoms with Crippen molar-refractivity contribution in [3.05, 3.63) is 18.2 Å². The maximum atomic E-state index is 11.5. The SMILES string of the molecule is CC(CCCNC(=O)NCCc1nccn1C)C(=O)O. The lowest BCUT2D eigenvalue weighted by atomic mass is 10.1. The molecule has 1 unspecified atom stereocenters. The molecule has 2 amide bonds. The fourth-order valence-electron chi connectivity index (χ4n) is 1.72. The third-order valence-electron chi connectivity index (χ3n) is 3.08. The van der Waals surface area contributed by atoms with Crippen LogP contribution in [0.4, 0.5) is 4.79 Å². The van der Waals surface area contributed by atoms with Crippen molar-refractivity contribution in [2.45, 2.75) is 26.2 Å². The molecule has 3 N–H and O–H groups in total. The number of nitrogens with one attached hydrogen (secondary N) is 2. The van der Waals surface area contributed by atoms with Crippen molar-refractivity contribution >= 4 is 12.0 Å². The van der Waals surface area contributed by atoms with Gasteiger partial charge < -0.3 is 20.3 Å². The molecule has 0 saturated carbocycles. The molecule has 1 aromatic rings. The molecule has 0 aromatic carbocycles. The van der Waals surface area contributed by atoms with E-state index >= 15 is 0 Å². The fourth-order valence-corrected chi connectivity index (χ4v) is 1.72. The standard InChI is InChI=1S/C13H22N4O3/c1-10(12(18)19)4-3-6-15-13(20)16-7-5-11-14-8-9-17(11)2/h8-10H,3-7H2,1-2H3,(H,18,19)(H2,15,16,20). The van der Waals surface area contributed by atoms with Crippen LogP contribution in [-0.2, 0) is 18.3 Å². The zero-order chi connectivity index (χ0) is 15.0. The zero-order valence-corrected chi connectivity index (χ0v) is 11.9. The average Bonchev–Trinajstić information content (AvgIpc) is 2.80. The van der Waals surface area contributed by atoms with Crippen LogP contribution in [0, 0.1) is 5.92 Å². The maximum Gasteiger partial charge on any atom is 0.314 e. The van der Waals surface area contributed by atoms with Crippen LogP contribution in [0.2, 0.25) is 0 Å². The summed E-state index contributed by atoms with van der Waals surface area (Å²) in [4.78, 5) is 26.2. The molecule has 0 aliphatic carbocycles. The summed E-state index contributed by atoms with van der Waals surface area (Å²) >= 11 is 0. The predicted molar refractivity (Wildman–Crippen MR) is 74.3 cm³/mol. The molecule has 7 heteroatoms. The quantitative estimate of drug-likeness (QED) is 0.613. The van der Waals surface area contributed by atoms with Gasteiger partial charge in [-0.25, -0.2) is 9.78 Å². The summed E-state index contributed by atoms with van der Waals surface area (Å²) in [5.74, 6) is -0.256. The zero-order valence-electron chi connectivity index (χ0n) is 11.9. The predicted octanol–water partition coefficient (Wildman–Crippen LogP) is 0.763. The number of aliphatic carboxylic acids is 1. The molecule has 0 aliphatic heterocycles. The van der Waals surface area contributed by atoms with Crippen molar-refractivity contribution in [2.75, 3.05) is 13.1 Å². The minimum atomic E-state index is -0.801. The summed E-state index contributed by atoms with van der Waals surface area (Å²) in [5.41, 5.74) is 0. The molecule has 0 spiro atoms. The van der Waals surface area contributed by atoms with Crippen LogP contribution in [0.5, 0.6) is 0 Å². The van der Waals surface area contributed by atoms with Gasteiger partial charge in [-0.2, -0.15) is 0 Å². The first-order valence-corrected chi connectivity index (χ1v) is 6.71. The molecule has 0 bridgehead atoms. The highest BCUT2D eigenvalue weighted by molar-refractivity contribution is 5.73. The number of nitrogens with zero attached hydrogens (tertiary/aromatic N) is 2. The van der Waals surface area contributed by atoms with E-state index in [1.165, 1.54) is 0 Å². The number of aryl methyl sites for hydroxylation is 1. The van der Waals surface area contributed by atoms with Crippen LogP contribution in [0.15, 0.2) is 12.4 Å². The number of carbonyl (C=O) groups excluding carboxylic acids is 1. The van der Waals surface area contributed by atoms with Crippen LogP contribution in [0.25, 0.3) is 0 Å². The van der Waals surface area contributed by atoms with Gasteiger partial charge in [-0.3, -0.25) is 4.79 Å². The Kier molecular flexibility index (Phi) is 6.55. The molecule has 0 fully saturated rings. The summed E-state index contributed by atoms with van der Waals surface area (Å²) in [6.45, 7) is 2.66. The van der Waals surface area contributed by atoms with Crippen molar-refractivity contribution in [1.29, 1.82) is 0 Å². The molecule has 1 aromatic heterocycles. The normalized spacial score (nSPS) is 11.9. The van der Waals surface area contributed by atoms with E-state index in [4.69, 9.17) is 5.11 Å². The number of rotatable bonds is 8. The molecule has 1 rings (SSSR count). The first-order valence-electron chi connectivity index (χ1n) is 6.71. The fraction of sp³-hybridized carbons (Fsp3) is 0.615. The molecular formula is C13H22N4O3. The monoisotopic (exact) mass is 282 g/mol. The van der Waals surface area contributed by atoms with Crippen molar-refractivity contribution < 1.29 is 14.7 Å². The van der Waals surface area contributed by atoms with Gasteiger partial charge in [0, 0.05) is 39.0 Å². The van der Waals surface area contributed by atoms with Gasteiger partial charge in [0.05, 0.1) is 5.92 Å². The molecule has 0 saturated heterocycles. The van der Waals surface area contributed by atoms with Crippen molar-refractivity contribution in [3.8, 4) is 0 Å². The number of urea groups is 1. The Labute approximate surface area is 118 Å². The van der Waals surface area contributed by atoms with Crippen molar-refractivity contribution in [2.24, 2.45) is 13.0 Å². The molecule has 7 nitrogen and oxygen atoms in total. The summed E-state index contributed by atoms with van der Waals surface area (Å²) in [6.07, 6.45) is 5.47.